The zero-order valence-corrected chi connectivity index (χ0v) is 16.6. The minimum absolute atomic E-state index is 0.0335. The number of H-pyrrole nitrogens is 1. The van der Waals surface area contributed by atoms with Gasteiger partial charge in [0.25, 0.3) is 5.91 Å². The summed E-state index contributed by atoms with van der Waals surface area (Å²) in [7, 11) is 0. The Hall–Kier alpha value is -3.48. The van der Waals surface area contributed by atoms with Gasteiger partial charge in [0.2, 0.25) is 0 Å². The van der Waals surface area contributed by atoms with Gasteiger partial charge < -0.3 is 9.47 Å². The van der Waals surface area contributed by atoms with E-state index >= 15 is 0 Å². The van der Waals surface area contributed by atoms with Crippen LogP contribution in [0.3, 0.4) is 0 Å². The van der Waals surface area contributed by atoms with Crippen LogP contribution in [0.1, 0.15) is 23.7 Å². The van der Waals surface area contributed by atoms with Gasteiger partial charge in [-0.25, -0.2) is 4.39 Å². The van der Waals surface area contributed by atoms with Crippen LogP contribution < -0.4 is 0 Å². The lowest BCUT2D eigenvalue weighted by Crippen LogP contribution is -2.34. The third kappa shape index (κ3) is 3.36. The number of nitrogens with one attached hydrogen (secondary N) is 1. The fourth-order valence-corrected chi connectivity index (χ4v) is 4.39. The number of carbonyl (C=O) groups excluding carboxylic acids is 1. The van der Waals surface area contributed by atoms with Crippen molar-refractivity contribution in [1.29, 1.82) is 0 Å². The first kappa shape index (κ1) is 18.5. The summed E-state index contributed by atoms with van der Waals surface area (Å²) < 4.78 is 15.4. The predicted molar refractivity (Wildman–Crippen MR) is 112 cm³/mol. The molecule has 1 aliphatic rings. The molecule has 6 nitrogen and oxygen atoms in total. The van der Waals surface area contributed by atoms with Crippen LogP contribution in [0, 0.1) is 11.7 Å². The van der Waals surface area contributed by atoms with E-state index in [4.69, 9.17) is 0 Å². The molecule has 0 unspecified atom stereocenters. The Labute approximate surface area is 173 Å². The maximum Gasteiger partial charge on any atom is 0.254 e. The van der Waals surface area contributed by atoms with Crippen molar-refractivity contribution >= 4 is 16.8 Å². The molecular formula is C23H22FN5O. The number of fused-ring (bicyclic) bond motifs is 1. The highest BCUT2D eigenvalue weighted by molar-refractivity contribution is 5.94. The number of aromatic amines is 1. The summed E-state index contributed by atoms with van der Waals surface area (Å²) >= 11 is 0. The number of rotatable bonds is 4. The standard InChI is InChI=1S/C23H22FN5O/c1-15-8-16(14-29(15)23(30)17-2-4-20(24)5-3-17)13-28-7-6-18-9-21(25-12-22(18)28)19-10-26-27-11-19/h2-7,9-12,15-16H,8,13-14H2,1H3,(H,26,27)/t15-,16+/m1/s1. The lowest BCUT2D eigenvalue weighted by molar-refractivity contribution is 0.0742. The molecule has 7 heteroatoms. The van der Waals surface area contributed by atoms with Gasteiger partial charge in [0, 0.05) is 48.0 Å². The quantitative estimate of drug-likeness (QED) is 0.557. The molecule has 5 rings (SSSR count). The monoisotopic (exact) mass is 403 g/mol. The second-order valence-corrected chi connectivity index (χ2v) is 8.00. The van der Waals surface area contributed by atoms with Crippen molar-refractivity contribution in [2.75, 3.05) is 6.54 Å². The first-order chi connectivity index (χ1) is 14.6. The Morgan fingerprint density at radius 1 is 1.23 bits per heavy atom. The molecule has 0 aliphatic carbocycles. The molecular weight excluding hydrogens is 381 g/mol. The van der Waals surface area contributed by atoms with E-state index in [0.29, 0.717) is 18.0 Å². The largest absolute Gasteiger partial charge is 0.346 e. The van der Waals surface area contributed by atoms with Gasteiger partial charge in [0.1, 0.15) is 5.82 Å². The molecule has 2 atom stereocenters. The van der Waals surface area contributed by atoms with Crippen LogP contribution in [0.25, 0.3) is 22.2 Å². The number of benzene rings is 1. The number of likely N-dealkylation sites (tertiary alicyclic amines) is 1. The highest BCUT2D eigenvalue weighted by Crippen LogP contribution is 2.28. The number of nitrogens with zero attached hydrogens (tertiary/aromatic N) is 4. The average Bonchev–Trinajstić information content (AvgIpc) is 3.49. The van der Waals surface area contributed by atoms with Crippen LogP contribution in [0.4, 0.5) is 4.39 Å². The van der Waals surface area contributed by atoms with Crippen molar-refractivity contribution in [2.24, 2.45) is 5.92 Å². The minimum Gasteiger partial charge on any atom is -0.346 e. The number of amides is 1. The molecule has 152 valence electrons. The summed E-state index contributed by atoms with van der Waals surface area (Å²) in [6.45, 7) is 3.60. The molecule has 1 saturated heterocycles. The van der Waals surface area contributed by atoms with Gasteiger partial charge in [0.15, 0.2) is 0 Å². The maximum atomic E-state index is 13.2. The summed E-state index contributed by atoms with van der Waals surface area (Å²) in [6, 6.07) is 10.1. The molecule has 0 spiro atoms. The number of carbonyl (C=O) groups is 1. The highest BCUT2D eigenvalue weighted by atomic mass is 19.1. The number of hydrogen-bond donors (Lipinski definition) is 1. The molecule has 1 amide bonds. The topological polar surface area (TPSA) is 66.8 Å². The Morgan fingerprint density at radius 2 is 2.07 bits per heavy atom. The second-order valence-electron chi connectivity index (χ2n) is 8.00. The molecule has 0 radical (unpaired) electrons. The first-order valence-electron chi connectivity index (χ1n) is 10.1. The normalized spacial score (nSPS) is 18.9. The molecule has 3 aromatic heterocycles. The van der Waals surface area contributed by atoms with E-state index in [-0.39, 0.29) is 17.8 Å². The van der Waals surface area contributed by atoms with Gasteiger partial charge in [-0.3, -0.25) is 14.9 Å². The predicted octanol–water partition coefficient (Wildman–Crippen LogP) is 4.12. The molecule has 1 fully saturated rings. The minimum atomic E-state index is -0.331. The van der Waals surface area contributed by atoms with Crippen molar-refractivity contribution in [3.8, 4) is 11.3 Å². The summed E-state index contributed by atoms with van der Waals surface area (Å²) in [4.78, 5) is 19.3. The van der Waals surface area contributed by atoms with Crippen molar-refractivity contribution in [3.63, 3.8) is 0 Å². The van der Waals surface area contributed by atoms with Gasteiger partial charge in [-0.2, -0.15) is 5.10 Å². The fraction of sp³-hybridized carbons (Fsp3) is 0.261. The SMILES string of the molecule is C[C@@H]1C[C@@H](Cn2ccc3cc(-c4cn[nH]c4)ncc32)CN1C(=O)c1ccc(F)cc1. The Kier molecular flexibility index (Phi) is 4.58. The van der Waals surface area contributed by atoms with Crippen LogP contribution in [0.2, 0.25) is 0 Å². The smallest absolute Gasteiger partial charge is 0.254 e. The van der Waals surface area contributed by atoms with E-state index < -0.39 is 0 Å². The summed E-state index contributed by atoms with van der Waals surface area (Å²) in [5.41, 5.74) is 3.47. The number of halogens is 1. The fourth-order valence-electron chi connectivity index (χ4n) is 4.39. The van der Waals surface area contributed by atoms with E-state index in [0.717, 1.165) is 35.1 Å². The van der Waals surface area contributed by atoms with Gasteiger partial charge in [-0.1, -0.05) is 0 Å². The van der Waals surface area contributed by atoms with E-state index in [2.05, 4.69) is 45.0 Å². The molecule has 0 saturated carbocycles. The van der Waals surface area contributed by atoms with Gasteiger partial charge in [-0.15, -0.1) is 0 Å². The highest BCUT2D eigenvalue weighted by Gasteiger charge is 2.33. The summed E-state index contributed by atoms with van der Waals surface area (Å²) in [5, 5.41) is 7.93. The Bertz CT molecular complexity index is 1180. The third-order valence-electron chi connectivity index (χ3n) is 5.92. The molecule has 1 aromatic carbocycles. The second kappa shape index (κ2) is 7.40. The van der Waals surface area contributed by atoms with Crippen LogP contribution in [-0.2, 0) is 6.54 Å². The van der Waals surface area contributed by atoms with Gasteiger partial charge >= 0.3 is 0 Å². The molecule has 30 heavy (non-hydrogen) atoms. The van der Waals surface area contributed by atoms with Crippen molar-refractivity contribution in [2.45, 2.75) is 25.9 Å². The maximum absolute atomic E-state index is 13.2. The van der Waals surface area contributed by atoms with E-state index in [1.165, 1.54) is 12.1 Å². The lowest BCUT2D eigenvalue weighted by Gasteiger charge is -2.21. The van der Waals surface area contributed by atoms with Gasteiger partial charge in [-0.05, 0) is 55.7 Å². The van der Waals surface area contributed by atoms with E-state index in [1.54, 1.807) is 18.3 Å². The van der Waals surface area contributed by atoms with Crippen molar-refractivity contribution < 1.29 is 9.18 Å². The average molecular weight is 403 g/mol. The van der Waals surface area contributed by atoms with Crippen LogP contribution >= 0.6 is 0 Å². The van der Waals surface area contributed by atoms with E-state index in [9.17, 15) is 9.18 Å². The molecule has 1 aliphatic heterocycles. The Morgan fingerprint density at radius 3 is 2.83 bits per heavy atom. The Balaban J connectivity index is 1.32. The summed E-state index contributed by atoms with van der Waals surface area (Å²) in [6.07, 6.45) is 8.51. The zero-order chi connectivity index (χ0) is 20.7. The van der Waals surface area contributed by atoms with Crippen LogP contribution in [-0.4, -0.2) is 43.1 Å². The van der Waals surface area contributed by atoms with Gasteiger partial charge in [0.05, 0.1) is 23.6 Å². The first-order valence-corrected chi connectivity index (χ1v) is 10.1. The summed E-state index contributed by atoms with van der Waals surface area (Å²) in [5.74, 6) is -0.00903. The van der Waals surface area contributed by atoms with Crippen LogP contribution in [0.15, 0.2) is 61.2 Å². The van der Waals surface area contributed by atoms with Crippen molar-refractivity contribution in [3.05, 3.63) is 72.6 Å². The molecule has 1 N–H and O–H groups in total. The lowest BCUT2D eigenvalue weighted by atomic mass is 10.1. The molecule has 0 bridgehead atoms. The molecule has 4 aromatic rings. The number of aromatic nitrogens is 4. The third-order valence-corrected chi connectivity index (χ3v) is 5.92. The zero-order valence-electron chi connectivity index (χ0n) is 16.6. The number of pyridine rings is 1. The van der Waals surface area contributed by atoms with E-state index in [1.807, 2.05) is 17.3 Å². The molecule has 4 heterocycles. The van der Waals surface area contributed by atoms with Crippen LogP contribution in [0.5, 0.6) is 0 Å². The number of hydrogen-bond acceptors (Lipinski definition) is 3. The van der Waals surface area contributed by atoms with Crippen molar-refractivity contribution in [1.82, 2.24) is 24.6 Å².